The van der Waals surface area contributed by atoms with Gasteiger partial charge in [-0.1, -0.05) is 62.4 Å². The number of nitrogens with one attached hydrogen (secondary N) is 1. The first-order valence-electron chi connectivity index (χ1n) is 7.53. The highest BCUT2D eigenvalue weighted by atomic mass is 16.2. The van der Waals surface area contributed by atoms with Gasteiger partial charge in [-0.3, -0.25) is 4.79 Å². The van der Waals surface area contributed by atoms with Gasteiger partial charge in [0.05, 0.1) is 5.71 Å². The number of carbonyl (C=O) groups is 1. The second-order valence-corrected chi connectivity index (χ2v) is 5.26. The van der Waals surface area contributed by atoms with Crippen LogP contribution < -0.4 is 5.43 Å². The maximum Gasteiger partial charge on any atom is 0.240 e. The van der Waals surface area contributed by atoms with E-state index in [-0.39, 0.29) is 5.91 Å². The van der Waals surface area contributed by atoms with Crippen molar-refractivity contribution >= 4 is 11.6 Å². The fourth-order valence-corrected chi connectivity index (χ4v) is 1.95. The van der Waals surface area contributed by atoms with Gasteiger partial charge in [-0.15, -0.1) is 0 Å². The molecule has 1 rings (SSSR count). The number of aryl methyl sites for hydroxylation is 1. The zero-order valence-electron chi connectivity index (χ0n) is 12.9. The third-order valence-corrected chi connectivity index (χ3v) is 3.33. The monoisotopic (exact) mass is 274 g/mol. The fourth-order valence-electron chi connectivity index (χ4n) is 1.95. The molecule has 0 aliphatic heterocycles. The lowest BCUT2D eigenvalue weighted by Crippen LogP contribution is -2.18. The lowest BCUT2D eigenvalue weighted by atomic mass is 10.1. The lowest BCUT2D eigenvalue weighted by Gasteiger charge is -2.03. The highest BCUT2D eigenvalue weighted by Crippen LogP contribution is 2.06. The molecular formula is C17H26N2O. The topological polar surface area (TPSA) is 41.5 Å². The van der Waals surface area contributed by atoms with E-state index in [0.717, 1.165) is 24.1 Å². The standard InChI is InChI=1S/C17H26N2O/c1-4-5-6-7-8-9-17(20)19-18-15(3)16-12-10-14(2)11-13-16/h10-13H,4-9H2,1-3H3,(H,19,20). The van der Waals surface area contributed by atoms with E-state index in [4.69, 9.17) is 0 Å². The molecule has 0 unspecified atom stereocenters. The molecule has 0 aromatic heterocycles. The summed E-state index contributed by atoms with van der Waals surface area (Å²) in [7, 11) is 0. The van der Waals surface area contributed by atoms with Gasteiger partial charge >= 0.3 is 0 Å². The molecule has 110 valence electrons. The van der Waals surface area contributed by atoms with Crippen molar-refractivity contribution in [3.8, 4) is 0 Å². The SMILES string of the molecule is CCCCCCCC(=O)NN=C(C)c1ccc(C)cc1. The molecular weight excluding hydrogens is 248 g/mol. The summed E-state index contributed by atoms with van der Waals surface area (Å²) in [4.78, 5) is 11.6. The summed E-state index contributed by atoms with van der Waals surface area (Å²) in [5.74, 6) is 0.00737. The Kier molecular flexibility index (Phi) is 7.63. The smallest absolute Gasteiger partial charge is 0.240 e. The average molecular weight is 274 g/mol. The van der Waals surface area contributed by atoms with Crippen LogP contribution in [-0.2, 0) is 4.79 Å². The van der Waals surface area contributed by atoms with Gasteiger partial charge < -0.3 is 0 Å². The van der Waals surface area contributed by atoms with Crippen molar-refractivity contribution in [3.63, 3.8) is 0 Å². The molecule has 1 N–H and O–H groups in total. The molecule has 0 radical (unpaired) electrons. The fraction of sp³-hybridized carbons (Fsp3) is 0.529. The number of rotatable bonds is 8. The lowest BCUT2D eigenvalue weighted by molar-refractivity contribution is -0.121. The van der Waals surface area contributed by atoms with Crippen LogP contribution in [0, 0.1) is 6.92 Å². The molecule has 0 atom stereocenters. The van der Waals surface area contributed by atoms with E-state index in [1.54, 1.807) is 0 Å². The minimum Gasteiger partial charge on any atom is -0.273 e. The van der Waals surface area contributed by atoms with Crippen LogP contribution in [0.2, 0.25) is 0 Å². The minimum absolute atomic E-state index is 0.00737. The molecule has 0 heterocycles. The van der Waals surface area contributed by atoms with Gasteiger partial charge in [0.1, 0.15) is 0 Å². The number of benzene rings is 1. The number of hydrazone groups is 1. The zero-order valence-corrected chi connectivity index (χ0v) is 12.9. The molecule has 0 saturated carbocycles. The van der Waals surface area contributed by atoms with Gasteiger partial charge in [0.25, 0.3) is 0 Å². The van der Waals surface area contributed by atoms with Gasteiger partial charge in [0.2, 0.25) is 5.91 Å². The predicted molar refractivity (Wildman–Crippen MR) is 84.9 cm³/mol. The van der Waals surface area contributed by atoms with Crippen molar-refractivity contribution in [2.24, 2.45) is 5.10 Å². The number of unbranched alkanes of at least 4 members (excludes halogenated alkanes) is 4. The Labute approximate surface area is 122 Å². The summed E-state index contributed by atoms with van der Waals surface area (Å²) < 4.78 is 0. The van der Waals surface area contributed by atoms with E-state index in [1.807, 2.05) is 31.2 Å². The zero-order chi connectivity index (χ0) is 14.8. The van der Waals surface area contributed by atoms with E-state index >= 15 is 0 Å². The molecule has 3 nitrogen and oxygen atoms in total. The van der Waals surface area contributed by atoms with Gasteiger partial charge in [-0.25, -0.2) is 5.43 Å². The molecule has 1 amide bonds. The summed E-state index contributed by atoms with van der Waals surface area (Å²) >= 11 is 0. The summed E-state index contributed by atoms with van der Waals surface area (Å²) in [6, 6.07) is 8.13. The third-order valence-electron chi connectivity index (χ3n) is 3.33. The van der Waals surface area contributed by atoms with Crippen LogP contribution in [0.3, 0.4) is 0 Å². The summed E-state index contributed by atoms with van der Waals surface area (Å²) in [5.41, 5.74) is 5.73. The maximum absolute atomic E-state index is 11.6. The number of nitrogens with zero attached hydrogens (tertiary/aromatic N) is 1. The molecule has 20 heavy (non-hydrogen) atoms. The first-order valence-corrected chi connectivity index (χ1v) is 7.53. The van der Waals surface area contributed by atoms with Crippen LogP contribution in [0.5, 0.6) is 0 Å². The Balaban J connectivity index is 2.31. The van der Waals surface area contributed by atoms with E-state index < -0.39 is 0 Å². The van der Waals surface area contributed by atoms with Crippen molar-refractivity contribution in [1.82, 2.24) is 5.43 Å². The molecule has 0 spiro atoms. The number of amides is 1. The first-order chi connectivity index (χ1) is 9.63. The Morgan fingerprint density at radius 1 is 1.10 bits per heavy atom. The summed E-state index contributed by atoms with van der Waals surface area (Å²) in [6.45, 7) is 6.15. The average Bonchev–Trinajstić information content (AvgIpc) is 2.45. The normalized spacial score (nSPS) is 11.4. The Morgan fingerprint density at radius 3 is 2.40 bits per heavy atom. The third kappa shape index (κ3) is 6.50. The highest BCUT2D eigenvalue weighted by Gasteiger charge is 2.01. The van der Waals surface area contributed by atoms with Crippen LogP contribution in [-0.4, -0.2) is 11.6 Å². The highest BCUT2D eigenvalue weighted by molar-refractivity contribution is 5.99. The molecule has 0 saturated heterocycles. The van der Waals surface area contributed by atoms with Crippen molar-refractivity contribution in [1.29, 1.82) is 0 Å². The van der Waals surface area contributed by atoms with Gasteiger partial charge in [-0.05, 0) is 25.8 Å². The van der Waals surface area contributed by atoms with Crippen LogP contribution in [0.15, 0.2) is 29.4 Å². The number of hydrogen-bond donors (Lipinski definition) is 1. The van der Waals surface area contributed by atoms with Crippen LogP contribution in [0.1, 0.15) is 63.5 Å². The quantitative estimate of drug-likeness (QED) is 0.431. The van der Waals surface area contributed by atoms with E-state index in [0.29, 0.717) is 6.42 Å². The molecule has 0 aliphatic rings. The van der Waals surface area contributed by atoms with Gasteiger partial charge in [0, 0.05) is 6.42 Å². The second kappa shape index (κ2) is 9.29. The summed E-state index contributed by atoms with van der Waals surface area (Å²) in [6.07, 6.45) is 6.34. The van der Waals surface area contributed by atoms with E-state index in [9.17, 15) is 4.79 Å². The van der Waals surface area contributed by atoms with Gasteiger partial charge in [-0.2, -0.15) is 5.10 Å². The molecule has 3 heteroatoms. The largest absolute Gasteiger partial charge is 0.273 e. The van der Waals surface area contributed by atoms with Crippen LogP contribution in [0.4, 0.5) is 0 Å². The molecule has 0 fully saturated rings. The number of carbonyl (C=O) groups excluding carboxylic acids is 1. The Morgan fingerprint density at radius 2 is 1.75 bits per heavy atom. The van der Waals surface area contributed by atoms with Gasteiger partial charge in [0.15, 0.2) is 0 Å². The molecule has 1 aromatic carbocycles. The second-order valence-electron chi connectivity index (χ2n) is 5.26. The van der Waals surface area contributed by atoms with Crippen LogP contribution >= 0.6 is 0 Å². The maximum atomic E-state index is 11.6. The minimum atomic E-state index is 0.00737. The number of hydrogen-bond acceptors (Lipinski definition) is 2. The van der Waals surface area contributed by atoms with Crippen molar-refractivity contribution in [2.45, 2.75) is 59.3 Å². The Bertz CT molecular complexity index is 435. The van der Waals surface area contributed by atoms with Crippen molar-refractivity contribution in [2.75, 3.05) is 0 Å². The van der Waals surface area contributed by atoms with Crippen molar-refractivity contribution < 1.29 is 4.79 Å². The van der Waals surface area contributed by atoms with E-state index in [1.165, 1.54) is 24.8 Å². The molecule has 0 aliphatic carbocycles. The molecule has 0 bridgehead atoms. The van der Waals surface area contributed by atoms with Crippen molar-refractivity contribution in [3.05, 3.63) is 35.4 Å². The predicted octanol–water partition coefficient (Wildman–Crippen LogP) is 4.20. The molecule has 1 aromatic rings. The summed E-state index contributed by atoms with van der Waals surface area (Å²) in [5, 5.41) is 4.16. The first kappa shape index (κ1) is 16.4. The Hall–Kier alpha value is -1.64. The van der Waals surface area contributed by atoms with E-state index in [2.05, 4.69) is 24.4 Å². The van der Waals surface area contributed by atoms with Crippen LogP contribution in [0.25, 0.3) is 0 Å².